The predicted octanol–water partition coefficient (Wildman–Crippen LogP) is 2.49. The largest absolute Gasteiger partial charge is 0.496 e. The first-order chi connectivity index (χ1) is 7.81. The van der Waals surface area contributed by atoms with Gasteiger partial charge in [0.15, 0.2) is 0 Å². The third-order valence-electron chi connectivity index (χ3n) is 2.47. The summed E-state index contributed by atoms with van der Waals surface area (Å²) in [6.07, 6.45) is 1.73. The zero-order valence-corrected chi connectivity index (χ0v) is 8.69. The maximum absolute atomic E-state index is 8.87. The third-order valence-corrected chi connectivity index (χ3v) is 2.47. The summed E-state index contributed by atoms with van der Waals surface area (Å²) in [6.45, 7) is 0. The fourth-order valence-electron chi connectivity index (χ4n) is 1.74. The van der Waals surface area contributed by atoms with Crippen LogP contribution in [0.2, 0.25) is 0 Å². The van der Waals surface area contributed by atoms with E-state index in [2.05, 4.69) is 0 Å². The lowest BCUT2D eigenvalue weighted by Gasteiger charge is -2.02. The molecule has 0 radical (unpaired) electrons. The summed E-state index contributed by atoms with van der Waals surface area (Å²) in [5.74, 6) is 0.689. The highest BCUT2D eigenvalue weighted by Gasteiger charge is 2.21. The highest BCUT2D eigenvalue weighted by Crippen LogP contribution is 2.36. The molecule has 0 aliphatic heterocycles. The average Bonchev–Trinajstić information content (AvgIpc) is 2.70. The number of fused-ring (bicyclic) bond motifs is 1. The van der Waals surface area contributed by atoms with Crippen LogP contribution in [0.3, 0.4) is 0 Å². The number of allylic oxidation sites excluding steroid dienone is 3. The van der Waals surface area contributed by atoms with Crippen molar-refractivity contribution >= 4 is 11.3 Å². The molecule has 0 aromatic heterocycles. The molecule has 0 unspecified atom stereocenters. The summed E-state index contributed by atoms with van der Waals surface area (Å²) < 4.78 is 5.22. The van der Waals surface area contributed by atoms with Crippen molar-refractivity contribution in [1.82, 2.24) is 0 Å². The van der Waals surface area contributed by atoms with Gasteiger partial charge in [0.2, 0.25) is 0 Å². The fraction of sp³-hybridized carbons (Fsp3) is 0.0769. The maximum Gasteiger partial charge on any atom is 0.137 e. The van der Waals surface area contributed by atoms with Gasteiger partial charge in [-0.2, -0.15) is 10.5 Å². The van der Waals surface area contributed by atoms with E-state index in [0.717, 1.165) is 11.1 Å². The van der Waals surface area contributed by atoms with E-state index in [1.165, 1.54) is 0 Å². The first-order valence-electron chi connectivity index (χ1n) is 4.71. The van der Waals surface area contributed by atoms with Crippen molar-refractivity contribution in [3.8, 4) is 12.1 Å². The Kier molecular flexibility index (Phi) is 2.45. The van der Waals surface area contributed by atoms with Gasteiger partial charge in [-0.05, 0) is 11.6 Å². The van der Waals surface area contributed by atoms with Gasteiger partial charge in [-0.15, -0.1) is 0 Å². The Morgan fingerprint density at radius 2 is 1.75 bits per heavy atom. The van der Waals surface area contributed by atoms with Crippen molar-refractivity contribution in [3.63, 3.8) is 0 Å². The monoisotopic (exact) mass is 208 g/mol. The molecule has 0 atom stereocenters. The van der Waals surface area contributed by atoms with Crippen LogP contribution < -0.4 is 0 Å². The standard InChI is InChI=1S/C13H8N2O/c1-16-13-6-12(9(7-14)8-15)10-4-2-3-5-11(10)13/h2-6H,1H3. The lowest BCUT2D eigenvalue weighted by molar-refractivity contribution is 0.371. The molecule has 3 heteroatoms. The normalized spacial score (nSPS) is 12.2. The zero-order valence-electron chi connectivity index (χ0n) is 8.69. The van der Waals surface area contributed by atoms with Crippen LogP contribution in [0.4, 0.5) is 0 Å². The highest BCUT2D eigenvalue weighted by atomic mass is 16.5. The molecule has 16 heavy (non-hydrogen) atoms. The zero-order chi connectivity index (χ0) is 11.5. The molecule has 0 amide bonds. The molecule has 76 valence electrons. The van der Waals surface area contributed by atoms with E-state index in [1.807, 2.05) is 36.4 Å². The minimum Gasteiger partial charge on any atom is -0.496 e. The number of hydrogen-bond donors (Lipinski definition) is 0. The number of rotatable bonds is 1. The van der Waals surface area contributed by atoms with Crippen LogP contribution in [0.15, 0.2) is 35.9 Å². The number of hydrogen-bond acceptors (Lipinski definition) is 3. The summed E-state index contributed by atoms with van der Waals surface area (Å²) in [4.78, 5) is 0. The second-order valence-electron chi connectivity index (χ2n) is 3.27. The Labute approximate surface area is 93.5 Å². The summed E-state index contributed by atoms with van der Waals surface area (Å²) in [7, 11) is 1.57. The fourth-order valence-corrected chi connectivity index (χ4v) is 1.74. The van der Waals surface area contributed by atoms with Gasteiger partial charge in [-0.3, -0.25) is 0 Å². The van der Waals surface area contributed by atoms with Gasteiger partial charge in [-0.1, -0.05) is 24.3 Å². The summed E-state index contributed by atoms with van der Waals surface area (Å²) in [5, 5.41) is 17.7. The molecule has 0 saturated heterocycles. The first kappa shape index (κ1) is 10.0. The van der Waals surface area contributed by atoms with Crippen LogP contribution in [0.1, 0.15) is 11.1 Å². The first-order valence-corrected chi connectivity index (χ1v) is 4.71. The van der Waals surface area contributed by atoms with Gasteiger partial charge in [0.1, 0.15) is 23.5 Å². The molecule has 0 saturated carbocycles. The number of nitrogens with zero attached hydrogens (tertiary/aromatic N) is 2. The molecule has 1 aliphatic rings. The van der Waals surface area contributed by atoms with Gasteiger partial charge in [-0.25, -0.2) is 0 Å². The van der Waals surface area contributed by atoms with E-state index < -0.39 is 0 Å². The maximum atomic E-state index is 8.87. The second kappa shape index (κ2) is 3.92. The molecule has 1 aromatic carbocycles. The van der Waals surface area contributed by atoms with E-state index in [0.29, 0.717) is 11.3 Å². The number of methoxy groups -OCH3 is 1. The van der Waals surface area contributed by atoms with E-state index in [4.69, 9.17) is 15.3 Å². The molecular formula is C13H8N2O. The summed E-state index contributed by atoms with van der Waals surface area (Å²) in [5.41, 5.74) is 2.54. The predicted molar refractivity (Wildman–Crippen MR) is 59.6 cm³/mol. The molecule has 0 fully saturated rings. The molecule has 1 aromatic rings. The molecule has 2 rings (SSSR count). The molecule has 3 nitrogen and oxygen atoms in total. The van der Waals surface area contributed by atoms with Crippen LogP contribution in [0.25, 0.3) is 11.3 Å². The Hall–Kier alpha value is -2.52. The van der Waals surface area contributed by atoms with Crippen molar-refractivity contribution in [3.05, 3.63) is 47.0 Å². The van der Waals surface area contributed by atoms with Gasteiger partial charge >= 0.3 is 0 Å². The van der Waals surface area contributed by atoms with Gasteiger partial charge in [0, 0.05) is 11.1 Å². The summed E-state index contributed by atoms with van der Waals surface area (Å²) in [6, 6.07) is 11.3. The molecule has 0 heterocycles. The smallest absolute Gasteiger partial charge is 0.137 e. The van der Waals surface area contributed by atoms with Crippen LogP contribution in [-0.2, 0) is 4.74 Å². The highest BCUT2D eigenvalue weighted by molar-refractivity contribution is 5.97. The SMILES string of the molecule is COC1=CC(=C(C#N)C#N)c2ccccc21. The van der Waals surface area contributed by atoms with Crippen molar-refractivity contribution < 1.29 is 4.74 Å². The molecule has 0 bridgehead atoms. The second-order valence-corrected chi connectivity index (χ2v) is 3.27. The lowest BCUT2D eigenvalue weighted by atomic mass is 10.0. The topological polar surface area (TPSA) is 56.8 Å². The van der Waals surface area contributed by atoms with Gasteiger partial charge in [0.05, 0.1) is 7.11 Å². The summed E-state index contributed by atoms with van der Waals surface area (Å²) >= 11 is 0. The molecular weight excluding hydrogens is 200 g/mol. The van der Waals surface area contributed by atoms with Gasteiger partial charge in [0.25, 0.3) is 0 Å². The van der Waals surface area contributed by atoms with E-state index in [-0.39, 0.29) is 5.57 Å². The van der Waals surface area contributed by atoms with Crippen molar-refractivity contribution in [2.75, 3.05) is 7.11 Å². The Bertz CT molecular complexity index is 567. The molecule has 0 N–H and O–H groups in total. The minimum absolute atomic E-state index is 0.111. The van der Waals surface area contributed by atoms with Crippen LogP contribution in [0.5, 0.6) is 0 Å². The van der Waals surface area contributed by atoms with E-state index >= 15 is 0 Å². The quantitative estimate of drug-likeness (QED) is 0.666. The Balaban J connectivity index is 2.72. The number of ether oxygens (including phenoxy) is 1. The number of benzene rings is 1. The average molecular weight is 208 g/mol. The van der Waals surface area contributed by atoms with Crippen LogP contribution in [0, 0.1) is 22.7 Å². The Morgan fingerprint density at radius 1 is 1.12 bits per heavy atom. The molecule has 0 spiro atoms. The van der Waals surface area contributed by atoms with E-state index in [1.54, 1.807) is 13.2 Å². The lowest BCUT2D eigenvalue weighted by Crippen LogP contribution is -1.86. The minimum atomic E-state index is 0.111. The van der Waals surface area contributed by atoms with Crippen LogP contribution in [-0.4, -0.2) is 7.11 Å². The Morgan fingerprint density at radius 3 is 2.31 bits per heavy atom. The van der Waals surface area contributed by atoms with Crippen molar-refractivity contribution in [1.29, 1.82) is 10.5 Å². The number of nitriles is 2. The molecule has 1 aliphatic carbocycles. The van der Waals surface area contributed by atoms with Crippen LogP contribution >= 0.6 is 0 Å². The van der Waals surface area contributed by atoms with Crippen molar-refractivity contribution in [2.45, 2.75) is 0 Å². The van der Waals surface area contributed by atoms with E-state index in [9.17, 15) is 0 Å². The van der Waals surface area contributed by atoms with Crippen molar-refractivity contribution in [2.24, 2.45) is 0 Å². The van der Waals surface area contributed by atoms with Gasteiger partial charge < -0.3 is 4.74 Å². The third kappa shape index (κ3) is 1.36.